The molecule has 0 N–H and O–H groups in total. The molecule has 0 unspecified atom stereocenters. The van der Waals surface area contributed by atoms with Crippen LogP contribution in [0.25, 0.3) is 11.0 Å². The number of hydrogen-bond donors (Lipinski definition) is 0. The number of ether oxygens (including phenoxy) is 1. The molecule has 2 heterocycles. The lowest BCUT2D eigenvalue weighted by Crippen LogP contribution is -2.29. The molecule has 1 aliphatic heterocycles. The molecule has 19 heavy (non-hydrogen) atoms. The summed E-state index contributed by atoms with van der Waals surface area (Å²) in [7, 11) is 1.66. The van der Waals surface area contributed by atoms with Crippen LogP contribution in [-0.4, -0.2) is 20.2 Å². The molecule has 1 aromatic carbocycles. The van der Waals surface area contributed by atoms with Crippen molar-refractivity contribution in [2.45, 2.75) is 19.3 Å². The van der Waals surface area contributed by atoms with E-state index in [1.807, 2.05) is 24.3 Å². The Labute approximate surface area is 117 Å². The van der Waals surface area contributed by atoms with Crippen LogP contribution in [0.1, 0.15) is 19.3 Å². The van der Waals surface area contributed by atoms with Gasteiger partial charge in [0, 0.05) is 30.6 Å². The van der Waals surface area contributed by atoms with Crippen LogP contribution >= 0.6 is 12.2 Å². The Bertz CT molecular complexity index is 644. The molecule has 1 saturated heterocycles. The number of nitrogens with zero attached hydrogens (tertiary/aromatic N) is 1. The summed E-state index contributed by atoms with van der Waals surface area (Å²) >= 11 is 5.46. The quantitative estimate of drug-likeness (QED) is 0.768. The smallest absolute Gasteiger partial charge is 0.197 e. The zero-order valence-corrected chi connectivity index (χ0v) is 11.8. The average molecular weight is 275 g/mol. The maximum Gasteiger partial charge on any atom is 0.197 e. The summed E-state index contributed by atoms with van der Waals surface area (Å²) in [4.78, 5) is 2.28. The minimum Gasteiger partial charge on any atom is -0.497 e. The van der Waals surface area contributed by atoms with E-state index in [1.54, 1.807) is 7.11 Å². The number of fused-ring (bicyclic) bond motifs is 1. The van der Waals surface area contributed by atoms with Gasteiger partial charge < -0.3 is 14.1 Å². The lowest BCUT2D eigenvalue weighted by Gasteiger charge is -2.27. The summed E-state index contributed by atoms with van der Waals surface area (Å²) in [5.74, 6) is 1.67. The molecule has 2 aromatic rings. The molecular formula is C15H17NO2S. The van der Waals surface area contributed by atoms with Gasteiger partial charge in [-0.3, -0.25) is 0 Å². The standard InChI is InChI=1S/C15H17NO2S/c1-17-11-5-6-12-13(9-11)18-15(10-14(12)19)16-7-3-2-4-8-16/h5-6,9-10H,2-4,7-8H2,1H3. The Hall–Kier alpha value is -1.55. The van der Waals surface area contributed by atoms with Crippen LogP contribution in [0.15, 0.2) is 28.7 Å². The highest BCUT2D eigenvalue weighted by Crippen LogP contribution is 2.28. The number of hydrogen-bond acceptors (Lipinski definition) is 4. The van der Waals surface area contributed by atoms with Gasteiger partial charge in [-0.05, 0) is 31.4 Å². The van der Waals surface area contributed by atoms with Gasteiger partial charge in [0.25, 0.3) is 0 Å². The van der Waals surface area contributed by atoms with Crippen molar-refractivity contribution in [1.29, 1.82) is 0 Å². The second kappa shape index (κ2) is 5.21. The van der Waals surface area contributed by atoms with Gasteiger partial charge in [-0.15, -0.1) is 0 Å². The third kappa shape index (κ3) is 2.45. The lowest BCUT2D eigenvalue weighted by atomic mass is 10.1. The van der Waals surface area contributed by atoms with Crippen LogP contribution in [0.4, 0.5) is 5.88 Å². The van der Waals surface area contributed by atoms with E-state index in [1.165, 1.54) is 19.3 Å². The summed E-state index contributed by atoms with van der Waals surface area (Å²) in [6, 6.07) is 7.74. The fraction of sp³-hybridized carbons (Fsp3) is 0.400. The highest BCUT2D eigenvalue weighted by Gasteiger charge is 2.14. The zero-order valence-electron chi connectivity index (χ0n) is 11.0. The number of anilines is 1. The van der Waals surface area contributed by atoms with Crippen molar-refractivity contribution in [3.05, 3.63) is 28.8 Å². The van der Waals surface area contributed by atoms with E-state index in [9.17, 15) is 0 Å². The lowest BCUT2D eigenvalue weighted by molar-refractivity contribution is 0.414. The molecule has 1 aliphatic rings. The molecule has 0 bridgehead atoms. The van der Waals surface area contributed by atoms with Gasteiger partial charge in [0.2, 0.25) is 0 Å². The molecule has 0 saturated carbocycles. The van der Waals surface area contributed by atoms with Gasteiger partial charge in [-0.25, -0.2) is 0 Å². The summed E-state index contributed by atoms with van der Waals surface area (Å²) in [6.07, 6.45) is 3.75. The second-order valence-corrected chi connectivity index (χ2v) is 5.30. The molecule has 1 fully saturated rings. The first-order valence-electron chi connectivity index (χ1n) is 6.65. The van der Waals surface area contributed by atoms with Crippen molar-refractivity contribution >= 4 is 29.1 Å². The highest BCUT2D eigenvalue weighted by atomic mass is 32.1. The fourth-order valence-electron chi connectivity index (χ4n) is 2.52. The molecule has 1 aromatic heterocycles. The van der Waals surface area contributed by atoms with Gasteiger partial charge in [0.05, 0.1) is 11.6 Å². The first kappa shape index (κ1) is 12.5. The van der Waals surface area contributed by atoms with Gasteiger partial charge in [-0.2, -0.15) is 0 Å². The molecule has 0 amide bonds. The molecule has 3 nitrogen and oxygen atoms in total. The van der Waals surface area contributed by atoms with Crippen LogP contribution in [0.3, 0.4) is 0 Å². The van der Waals surface area contributed by atoms with Crippen molar-refractivity contribution in [2.75, 3.05) is 25.1 Å². The Morgan fingerprint density at radius 1 is 1.16 bits per heavy atom. The number of methoxy groups -OCH3 is 1. The third-order valence-electron chi connectivity index (χ3n) is 3.59. The van der Waals surface area contributed by atoms with Crippen molar-refractivity contribution in [2.24, 2.45) is 0 Å². The number of piperidine rings is 1. The Morgan fingerprint density at radius 2 is 1.95 bits per heavy atom. The molecule has 3 rings (SSSR count). The van der Waals surface area contributed by atoms with Gasteiger partial charge in [-0.1, -0.05) is 12.2 Å². The van der Waals surface area contributed by atoms with Crippen molar-refractivity contribution in [3.8, 4) is 5.75 Å². The molecule has 0 atom stereocenters. The maximum absolute atomic E-state index is 6.00. The fourth-order valence-corrected chi connectivity index (χ4v) is 2.79. The third-order valence-corrected chi connectivity index (χ3v) is 3.93. The first-order chi connectivity index (χ1) is 9.28. The Morgan fingerprint density at radius 3 is 2.68 bits per heavy atom. The number of benzene rings is 1. The van der Waals surface area contributed by atoms with Crippen molar-refractivity contribution in [3.63, 3.8) is 0 Å². The van der Waals surface area contributed by atoms with E-state index >= 15 is 0 Å². The van der Waals surface area contributed by atoms with E-state index in [4.69, 9.17) is 21.4 Å². The summed E-state index contributed by atoms with van der Waals surface area (Å²) in [5.41, 5.74) is 0.799. The van der Waals surface area contributed by atoms with Crippen LogP contribution in [0, 0.1) is 4.51 Å². The second-order valence-electron chi connectivity index (χ2n) is 4.86. The number of rotatable bonds is 2. The predicted molar refractivity (Wildman–Crippen MR) is 79.7 cm³/mol. The van der Waals surface area contributed by atoms with Crippen LogP contribution in [0.2, 0.25) is 0 Å². The minimum absolute atomic E-state index is 0.793. The summed E-state index contributed by atoms with van der Waals surface area (Å²) < 4.78 is 12.1. The monoisotopic (exact) mass is 275 g/mol. The summed E-state index contributed by atoms with van der Waals surface area (Å²) in [5, 5.41) is 0.969. The molecule has 4 heteroatoms. The summed E-state index contributed by atoms with van der Waals surface area (Å²) in [6.45, 7) is 2.10. The van der Waals surface area contributed by atoms with Gasteiger partial charge in [0.15, 0.2) is 5.88 Å². The van der Waals surface area contributed by atoms with E-state index in [0.29, 0.717) is 0 Å². The average Bonchev–Trinajstić information content (AvgIpc) is 2.47. The molecule has 0 spiro atoms. The topological polar surface area (TPSA) is 25.6 Å². The van der Waals surface area contributed by atoms with E-state index in [2.05, 4.69) is 4.90 Å². The molecule has 100 valence electrons. The van der Waals surface area contributed by atoms with E-state index in [-0.39, 0.29) is 0 Å². The highest BCUT2D eigenvalue weighted by molar-refractivity contribution is 7.71. The Kier molecular flexibility index (Phi) is 3.42. The van der Waals surface area contributed by atoms with Crippen molar-refractivity contribution in [1.82, 2.24) is 0 Å². The van der Waals surface area contributed by atoms with Gasteiger partial charge >= 0.3 is 0 Å². The SMILES string of the molecule is COc1ccc2c(=S)cc(N3CCCCC3)oc2c1. The predicted octanol–water partition coefficient (Wildman–Crippen LogP) is 4.16. The van der Waals surface area contributed by atoms with Crippen molar-refractivity contribution < 1.29 is 9.15 Å². The van der Waals surface area contributed by atoms with Crippen LogP contribution < -0.4 is 9.64 Å². The molecular weight excluding hydrogens is 258 g/mol. The van der Waals surface area contributed by atoms with Gasteiger partial charge in [0.1, 0.15) is 11.3 Å². The van der Waals surface area contributed by atoms with E-state index in [0.717, 1.165) is 40.2 Å². The maximum atomic E-state index is 6.00. The van der Waals surface area contributed by atoms with E-state index < -0.39 is 0 Å². The normalized spacial score (nSPS) is 15.7. The largest absolute Gasteiger partial charge is 0.497 e. The zero-order chi connectivity index (χ0) is 13.2. The molecule has 0 aliphatic carbocycles. The molecule has 0 radical (unpaired) electrons. The Balaban J connectivity index is 2.08. The van der Waals surface area contributed by atoms with Crippen LogP contribution in [0.5, 0.6) is 5.75 Å². The minimum atomic E-state index is 0.793. The van der Waals surface area contributed by atoms with Crippen LogP contribution in [-0.2, 0) is 0 Å². The first-order valence-corrected chi connectivity index (χ1v) is 7.05.